The Kier molecular flexibility index (Phi) is 5.00. The minimum absolute atomic E-state index is 0.182. The molecule has 0 saturated carbocycles. The Morgan fingerprint density at radius 1 is 1.50 bits per heavy atom. The molecule has 20 heavy (non-hydrogen) atoms. The number of nitrogens with zero attached hydrogens (tertiary/aromatic N) is 1. The van der Waals surface area contributed by atoms with E-state index in [4.69, 9.17) is 10.5 Å². The Hall–Kier alpha value is -1.13. The molecule has 0 spiro atoms. The Bertz CT molecular complexity index is 456. The molecule has 1 unspecified atom stereocenters. The van der Waals surface area contributed by atoms with Crippen LogP contribution in [0.4, 0.5) is 10.1 Å². The molecule has 1 saturated heterocycles. The third-order valence-electron chi connectivity index (χ3n) is 3.97. The lowest BCUT2D eigenvalue weighted by molar-refractivity contribution is 0.115. The predicted octanol–water partition coefficient (Wildman–Crippen LogP) is 3.16. The molecule has 2 atom stereocenters. The van der Waals surface area contributed by atoms with Crippen molar-refractivity contribution in [3.05, 3.63) is 29.1 Å². The summed E-state index contributed by atoms with van der Waals surface area (Å²) >= 11 is 0. The maximum Gasteiger partial charge on any atom is 0.126 e. The maximum absolute atomic E-state index is 13.8. The van der Waals surface area contributed by atoms with E-state index in [9.17, 15) is 4.39 Å². The summed E-state index contributed by atoms with van der Waals surface area (Å²) in [6.07, 6.45) is 2.51. The number of nitrogens with two attached hydrogens (primary N) is 1. The quantitative estimate of drug-likeness (QED) is 0.900. The van der Waals surface area contributed by atoms with Crippen LogP contribution in [-0.2, 0) is 4.74 Å². The van der Waals surface area contributed by atoms with Crippen LogP contribution in [0.15, 0.2) is 12.1 Å². The summed E-state index contributed by atoms with van der Waals surface area (Å²) in [5.41, 5.74) is 8.58. The van der Waals surface area contributed by atoms with Crippen molar-refractivity contribution in [3.63, 3.8) is 0 Å². The first-order chi connectivity index (χ1) is 9.52. The lowest BCUT2D eigenvalue weighted by atomic mass is 10.0. The monoisotopic (exact) mass is 280 g/mol. The minimum Gasteiger partial charge on any atom is -0.376 e. The van der Waals surface area contributed by atoms with E-state index in [1.807, 2.05) is 13.0 Å². The highest BCUT2D eigenvalue weighted by Gasteiger charge is 2.21. The van der Waals surface area contributed by atoms with Gasteiger partial charge in [0, 0.05) is 31.4 Å². The van der Waals surface area contributed by atoms with Crippen molar-refractivity contribution in [2.24, 2.45) is 5.73 Å². The molecule has 0 bridgehead atoms. The van der Waals surface area contributed by atoms with Crippen molar-refractivity contribution in [1.82, 2.24) is 0 Å². The van der Waals surface area contributed by atoms with Crippen LogP contribution in [0.25, 0.3) is 0 Å². The van der Waals surface area contributed by atoms with E-state index in [0.29, 0.717) is 5.56 Å². The average Bonchev–Trinajstić information content (AvgIpc) is 2.91. The van der Waals surface area contributed by atoms with Crippen LogP contribution in [0.1, 0.15) is 43.9 Å². The Morgan fingerprint density at radius 2 is 2.25 bits per heavy atom. The molecular weight excluding hydrogens is 255 g/mol. The first kappa shape index (κ1) is 15.3. The number of aryl methyl sites for hydroxylation is 1. The van der Waals surface area contributed by atoms with Crippen LogP contribution < -0.4 is 10.6 Å². The number of rotatable bonds is 5. The van der Waals surface area contributed by atoms with Crippen LogP contribution in [0.3, 0.4) is 0 Å². The smallest absolute Gasteiger partial charge is 0.126 e. The summed E-state index contributed by atoms with van der Waals surface area (Å²) in [7, 11) is 0. The Balaban J connectivity index is 2.29. The SMILES string of the molecule is CCN(CC1CCCO1)c1cc(C)c(F)cc1[C@H](C)N. The molecular formula is C16H25FN2O. The van der Waals surface area contributed by atoms with Gasteiger partial charge in [-0.1, -0.05) is 0 Å². The third kappa shape index (κ3) is 3.30. The first-order valence-corrected chi connectivity index (χ1v) is 7.45. The molecule has 0 aromatic heterocycles. The van der Waals surface area contributed by atoms with Crippen molar-refractivity contribution in [2.45, 2.75) is 45.8 Å². The summed E-state index contributed by atoms with van der Waals surface area (Å²) in [4.78, 5) is 2.25. The number of anilines is 1. The molecule has 2 rings (SSSR count). The lowest BCUT2D eigenvalue weighted by Gasteiger charge is -2.29. The molecule has 1 aromatic carbocycles. The fourth-order valence-electron chi connectivity index (χ4n) is 2.75. The Morgan fingerprint density at radius 3 is 2.80 bits per heavy atom. The van der Waals surface area contributed by atoms with E-state index < -0.39 is 0 Å². The zero-order chi connectivity index (χ0) is 14.7. The van der Waals surface area contributed by atoms with Crippen LogP contribution in [0.2, 0.25) is 0 Å². The number of hydrogen-bond acceptors (Lipinski definition) is 3. The van der Waals surface area contributed by atoms with E-state index in [-0.39, 0.29) is 18.0 Å². The molecule has 1 aliphatic heterocycles. The number of hydrogen-bond donors (Lipinski definition) is 1. The predicted molar refractivity (Wildman–Crippen MR) is 80.6 cm³/mol. The summed E-state index contributed by atoms with van der Waals surface area (Å²) < 4.78 is 19.5. The van der Waals surface area contributed by atoms with Gasteiger partial charge in [-0.2, -0.15) is 0 Å². The molecule has 0 aliphatic carbocycles. The van der Waals surface area contributed by atoms with Crippen molar-refractivity contribution in [2.75, 3.05) is 24.6 Å². The number of halogens is 1. The molecule has 1 fully saturated rings. The van der Waals surface area contributed by atoms with Gasteiger partial charge in [0.25, 0.3) is 0 Å². The molecule has 1 aromatic rings. The fraction of sp³-hybridized carbons (Fsp3) is 0.625. The highest BCUT2D eigenvalue weighted by atomic mass is 19.1. The summed E-state index contributed by atoms with van der Waals surface area (Å²) in [5, 5.41) is 0. The number of ether oxygens (including phenoxy) is 1. The standard InChI is InChI=1S/C16H25FN2O/c1-4-19(10-13-6-5-7-20-13)16-8-11(2)15(17)9-14(16)12(3)18/h8-9,12-13H,4-7,10,18H2,1-3H3/t12-,13?/m0/s1. The van der Waals surface area contributed by atoms with Gasteiger partial charge in [-0.25, -0.2) is 4.39 Å². The normalized spacial score (nSPS) is 20.1. The van der Waals surface area contributed by atoms with E-state index in [2.05, 4.69) is 11.8 Å². The summed E-state index contributed by atoms with van der Waals surface area (Å²) in [6.45, 7) is 8.37. The van der Waals surface area contributed by atoms with Crippen LogP contribution >= 0.6 is 0 Å². The van der Waals surface area contributed by atoms with E-state index in [1.165, 1.54) is 0 Å². The molecule has 0 amide bonds. The van der Waals surface area contributed by atoms with Gasteiger partial charge in [0.2, 0.25) is 0 Å². The molecule has 2 N–H and O–H groups in total. The van der Waals surface area contributed by atoms with Gasteiger partial charge < -0.3 is 15.4 Å². The van der Waals surface area contributed by atoms with E-state index in [0.717, 1.165) is 43.8 Å². The molecule has 0 radical (unpaired) electrons. The van der Waals surface area contributed by atoms with E-state index >= 15 is 0 Å². The molecule has 3 nitrogen and oxygen atoms in total. The minimum atomic E-state index is -0.186. The summed E-state index contributed by atoms with van der Waals surface area (Å²) in [6, 6.07) is 3.30. The van der Waals surface area contributed by atoms with Crippen molar-refractivity contribution >= 4 is 5.69 Å². The second kappa shape index (κ2) is 6.55. The van der Waals surface area contributed by atoms with Gasteiger partial charge in [0.15, 0.2) is 0 Å². The van der Waals surface area contributed by atoms with Crippen molar-refractivity contribution < 1.29 is 9.13 Å². The van der Waals surface area contributed by atoms with Crippen LogP contribution in [-0.4, -0.2) is 25.8 Å². The molecule has 1 aliphatic rings. The molecule has 112 valence electrons. The topological polar surface area (TPSA) is 38.5 Å². The van der Waals surface area contributed by atoms with Gasteiger partial charge in [0.1, 0.15) is 5.82 Å². The van der Waals surface area contributed by atoms with Crippen molar-refractivity contribution in [3.8, 4) is 0 Å². The van der Waals surface area contributed by atoms with Crippen LogP contribution in [0.5, 0.6) is 0 Å². The zero-order valence-corrected chi connectivity index (χ0v) is 12.7. The van der Waals surface area contributed by atoms with Gasteiger partial charge in [-0.3, -0.25) is 0 Å². The van der Waals surface area contributed by atoms with Gasteiger partial charge >= 0.3 is 0 Å². The molecule has 4 heteroatoms. The second-order valence-corrected chi connectivity index (χ2v) is 5.62. The highest BCUT2D eigenvalue weighted by Crippen LogP contribution is 2.29. The van der Waals surface area contributed by atoms with Crippen LogP contribution in [0, 0.1) is 12.7 Å². The second-order valence-electron chi connectivity index (χ2n) is 5.62. The summed E-state index contributed by atoms with van der Waals surface area (Å²) in [5.74, 6) is -0.186. The zero-order valence-electron chi connectivity index (χ0n) is 12.7. The lowest BCUT2D eigenvalue weighted by Crippen LogP contribution is -2.33. The Labute approximate surface area is 120 Å². The van der Waals surface area contributed by atoms with Gasteiger partial charge in [-0.15, -0.1) is 0 Å². The van der Waals surface area contributed by atoms with E-state index in [1.54, 1.807) is 13.0 Å². The van der Waals surface area contributed by atoms with Crippen molar-refractivity contribution in [1.29, 1.82) is 0 Å². The maximum atomic E-state index is 13.8. The van der Waals surface area contributed by atoms with Gasteiger partial charge in [0.05, 0.1) is 6.10 Å². The largest absolute Gasteiger partial charge is 0.376 e. The first-order valence-electron chi connectivity index (χ1n) is 7.45. The number of likely N-dealkylation sites (N-methyl/N-ethyl adjacent to an activating group) is 1. The fourth-order valence-corrected chi connectivity index (χ4v) is 2.75. The average molecular weight is 280 g/mol. The molecule has 1 heterocycles. The highest BCUT2D eigenvalue weighted by molar-refractivity contribution is 5.57. The number of benzene rings is 1. The third-order valence-corrected chi connectivity index (χ3v) is 3.97. The van der Waals surface area contributed by atoms with Gasteiger partial charge in [-0.05, 0) is 56.9 Å².